The number of nitrogens with one attached hydrogen (secondary N) is 2. The number of ether oxygens (including phenoxy) is 1. The number of aromatic nitrogens is 4. The van der Waals surface area contributed by atoms with Crippen molar-refractivity contribution >= 4 is 34.6 Å². The van der Waals surface area contributed by atoms with Gasteiger partial charge < -0.3 is 14.6 Å². The van der Waals surface area contributed by atoms with Gasteiger partial charge in [0.15, 0.2) is 17.0 Å². The van der Waals surface area contributed by atoms with Crippen LogP contribution in [0.4, 0.5) is 11.8 Å². The lowest BCUT2D eigenvalue weighted by Gasteiger charge is -2.12. The van der Waals surface area contributed by atoms with Crippen molar-refractivity contribution in [2.45, 2.75) is 39.8 Å². The molecule has 29 heavy (non-hydrogen) atoms. The summed E-state index contributed by atoms with van der Waals surface area (Å²) >= 11 is 0. The number of amides is 1. The van der Waals surface area contributed by atoms with E-state index in [-0.39, 0.29) is 24.2 Å². The van der Waals surface area contributed by atoms with Gasteiger partial charge in [0.1, 0.15) is 11.5 Å². The van der Waals surface area contributed by atoms with Gasteiger partial charge in [-0.2, -0.15) is 9.97 Å². The van der Waals surface area contributed by atoms with E-state index < -0.39 is 5.91 Å². The van der Waals surface area contributed by atoms with Crippen LogP contribution >= 0.6 is 0 Å². The number of methoxy groups -OCH3 is 1. The summed E-state index contributed by atoms with van der Waals surface area (Å²) in [5.74, 6) is 0.735. The van der Waals surface area contributed by atoms with Crippen LogP contribution in [0.15, 0.2) is 30.6 Å². The van der Waals surface area contributed by atoms with Crippen LogP contribution in [-0.4, -0.2) is 38.3 Å². The van der Waals surface area contributed by atoms with Gasteiger partial charge in [0.2, 0.25) is 11.9 Å². The second kappa shape index (κ2) is 8.68. The van der Waals surface area contributed by atoms with Gasteiger partial charge in [-0.1, -0.05) is 12.1 Å². The highest BCUT2D eigenvalue weighted by Gasteiger charge is 2.16. The van der Waals surface area contributed by atoms with Gasteiger partial charge >= 0.3 is 0 Å². The largest absolute Gasteiger partial charge is 0.497 e. The van der Waals surface area contributed by atoms with Gasteiger partial charge in [0, 0.05) is 12.6 Å². The Morgan fingerprint density at radius 2 is 1.90 bits per heavy atom. The summed E-state index contributed by atoms with van der Waals surface area (Å²) in [6.07, 6.45) is 1.48. The molecular weight excluding hydrogens is 372 g/mol. The summed E-state index contributed by atoms with van der Waals surface area (Å²) in [4.78, 5) is 36.5. The standard InChI is InChI=1S/C20H24N6O3/c1-12(2)26-11-22-17-18(21-10-14-5-7-15(29-4)8-6-14)24-20(25-19(17)26)23-16(28)9-13(3)27/h5-8,11-12H,9-10H2,1-4H3,(H2,21,23,24,25,28). The number of carbonyl (C=O) groups excluding carboxylic acids is 2. The van der Waals surface area contributed by atoms with E-state index in [0.29, 0.717) is 23.5 Å². The molecule has 0 spiro atoms. The van der Waals surface area contributed by atoms with E-state index >= 15 is 0 Å². The summed E-state index contributed by atoms with van der Waals surface area (Å²) in [7, 11) is 1.62. The third kappa shape index (κ3) is 4.87. The number of imidazole rings is 1. The molecule has 0 atom stereocenters. The first-order valence-electron chi connectivity index (χ1n) is 9.28. The number of rotatable bonds is 8. The maximum Gasteiger partial charge on any atom is 0.234 e. The normalized spacial score (nSPS) is 10.9. The smallest absolute Gasteiger partial charge is 0.234 e. The molecule has 3 rings (SSSR count). The molecule has 0 aliphatic heterocycles. The van der Waals surface area contributed by atoms with E-state index in [0.717, 1.165) is 11.3 Å². The van der Waals surface area contributed by atoms with Gasteiger partial charge in [-0.3, -0.25) is 14.9 Å². The highest BCUT2D eigenvalue weighted by atomic mass is 16.5. The summed E-state index contributed by atoms with van der Waals surface area (Å²) in [5, 5.41) is 5.86. The minimum absolute atomic E-state index is 0.128. The number of benzene rings is 1. The Labute approximate surface area is 168 Å². The average Bonchev–Trinajstić information content (AvgIpc) is 3.10. The molecule has 0 bridgehead atoms. The van der Waals surface area contributed by atoms with Crippen molar-refractivity contribution in [1.29, 1.82) is 0 Å². The Bertz CT molecular complexity index is 1030. The molecule has 0 unspecified atom stereocenters. The van der Waals surface area contributed by atoms with Crippen molar-refractivity contribution in [1.82, 2.24) is 19.5 Å². The molecule has 9 heteroatoms. The van der Waals surface area contributed by atoms with Gasteiger partial charge in [-0.05, 0) is 38.5 Å². The Morgan fingerprint density at radius 1 is 1.17 bits per heavy atom. The van der Waals surface area contributed by atoms with Crippen LogP contribution in [-0.2, 0) is 16.1 Å². The van der Waals surface area contributed by atoms with Gasteiger partial charge in [0.25, 0.3) is 0 Å². The van der Waals surface area contributed by atoms with Crippen molar-refractivity contribution in [3.63, 3.8) is 0 Å². The first kappa shape index (κ1) is 20.2. The maximum atomic E-state index is 12.0. The molecule has 1 aromatic carbocycles. The minimum Gasteiger partial charge on any atom is -0.497 e. The zero-order valence-electron chi connectivity index (χ0n) is 16.9. The van der Waals surface area contributed by atoms with Crippen LogP contribution in [0.1, 0.15) is 38.8 Å². The number of carbonyl (C=O) groups is 2. The Balaban J connectivity index is 1.90. The number of fused-ring (bicyclic) bond motifs is 1. The molecule has 2 aromatic heterocycles. The third-order valence-corrected chi connectivity index (χ3v) is 4.26. The summed E-state index contributed by atoms with van der Waals surface area (Å²) in [6, 6.07) is 7.80. The molecule has 9 nitrogen and oxygen atoms in total. The van der Waals surface area contributed by atoms with E-state index in [1.54, 1.807) is 13.4 Å². The number of hydrogen-bond acceptors (Lipinski definition) is 7. The zero-order chi connectivity index (χ0) is 21.0. The van der Waals surface area contributed by atoms with Crippen LogP contribution < -0.4 is 15.4 Å². The second-order valence-corrected chi connectivity index (χ2v) is 6.94. The predicted molar refractivity (Wildman–Crippen MR) is 110 cm³/mol. The molecule has 3 aromatic rings. The van der Waals surface area contributed by atoms with Crippen molar-refractivity contribution in [3.05, 3.63) is 36.2 Å². The molecule has 152 valence electrons. The summed E-state index contributed by atoms with van der Waals surface area (Å²) < 4.78 is 7.08. The van der Waals surface area contributed by atoms with Crippen LogP contribution in [0.5, 0.6) is 5.75 Å². The van der Waals surface area contributed by atoms with Crippen molar-refractivity contribution in [2.75, 3.05) is 17.7 Å². The molecule has 2 heterocycles. The second-order valence-electron chi connectivity index (χ2n) is 6.94. The molecule has 0 fully saturated rings. The van der Waals surface area contributed by atoms with Gasteiger partial charge in [-0.15, -0.1) is 0 Å². The highest BCUT2D eigenvalue weighted by molar-refractivity contribution is 6.03. The van der Waals surface area contributed by atoms with Crippen molar-refractivity contribution < 1.29 is 14.3 Å². The van der Waals surface area contributed by atoms with Crippen LogP contribution in [0.3, 0.4) is 0 Å². The highest BCUT2D eigenvalue weighted by Crippen LogP contribution is 2.24. The number of Topliss-reactive ketones (excluding diaryl/α,β-unsaturated/α-hetero) is 1. The number of nitrogens with zero attached hydrogens (tertiary/aromatic N) is 4. The fraction of sp³-hybridized carbons (Fsp3) is 0.350. The van der Waals surface area contributed by atoms with E-state index in [4.69, 9.17) is 4.74 Å². The van der Waals surface area contributed by atoms with Crippen LogP contribution in [0.25, 0.3) is 11.2 Å². The Kier molecular flexibility index (Phi) is 6.06. The fourth-order valence-electron chi connectivity index (χ4n) is 2.80. The topological polar surface area (TPSA) is 111 Å². The average molecular weight is 396 g/mol. The Hall–Kier alpha value is -3.49. The monoisotopic (exact) mass is 396 g/mol. The SMILES string of the molecule is COc1ccc(CNc2nc(NC(=O)CC(C)=O)nc3c2ncn3C(C)C)cc1. The summed E-state index contributed by atoms with van der Waals surface area (Å²) in [5.41, 5.74) is 2.24. The number of ketones is 1. The predicted octanol–water partition coefficient (Wildman–Crippen LogP) is 2.95. The first-order chi connectivity index (χ1) is 13.9. The van der Waals surface area contributed by atoms with E-state index in [2.05, 4.69) is 25.6 Å². The van der Waals surface area contributed by atoms with Crippen LogP contribution in [0, 0.1) is 0 Å². The van der Waals surface area contributed by atoms with Crippen molar-refractivity contribution in [2.24, 2.45) is 0 Å². The van der Waals surface area contributed by atoms with Crippen molar-refractivity contribution in [3.8, 4) is 5.75 Å². The molecule has 0 aliphatic rings. The molecule has 2 N–H and O–H groups in total. The van der Waals surface area contributed by atoms with Gasteiger partial charge in [-0.25, -0.2) is 4.98 Å². The molecular formula is C20H24N6O3. The quantitative estimate of drug-likeness (QED) is 0.563. The lowest BCUT2D eigenvalue weighted by Crippen LogP contribution is -2.17. The van der Waals surface area contributed by atoms with E-state index in [9.17, 15) is 9.59 Å². The van der Waals surface area contributed by atoms with E-state index in [1.807, 2.05) is 42.7 Å². The zero-order valence-corrected chi connectivity index (χ0v) is 16.9. The van der Waals surface area contributed by atoms with E-state index in [1.165, 1.54) is 6.92 Å². The molecule has 0 saturated heterocycles. The third-order valence-electron chi connectivity index (χ3n) is 4.26. The maximum absolute atomic E-state index is 12.0. The minimum atomic E-state index is -0.450. The Morgan fingerprint density at radius 3 is 2.52 bits per heavy atom. The lowest BCUT2D eigenvalue weighted by atomic mass is 10.2. The van der Waals surface area contributed by atoms with Gasteiger partial charge in [0.05, 0.1) is 19.9 Å². The fourth-order valence-corrected chi connectivity index (χ4v) is 2.80. The first-order valence-corrected chi connectivity index (χ1v) is 9.28. The molecule has 0 saturated carbocycles. The summed E-state index contributed by atoms with van der Waals surface area (Å²) in [6.45, 7) is 5.90. The molecule has 1 amide bonds. The van der Waals surface area contributed by atoms with Crippen LogP contribution in [0.2, 0.25) is 0 Å². The number of anilines is 2. The molecule has 0 aliphatic carbocycles. The molecule has 0 radical (unpaired) electrons. The number of hydrogen-bond donors (Lipinski definition) is 2. The lowest BCUT2D eigenvalue weighted by molar-refractivity contribution is -0.124.